The first-order valence-electron chi connectivity index (χ1n) is 9.59. The van der Waals surface area contributed by atoms with E-state index in [2.05, 4.69) is 11.9 Å². The van der Waals surface area contributed by atoms with E-state index < -0.39 is 24.0 Å². The molecule has 0 spiro atoms. The minimum Gasteiger partial charge on any atom is -0.544 e. The van der Waals surface area contributed by atoms with Gasteiger partial charge in [-0.3, -0.25) is 4.79 Å². The normalized spacial score (nSPS) is 14.8. The van der Waals surface area contributed by atoms with Gasteiger partial charge in [0, 0.05) is 19.3 Å². The number of nitrogens with zero attached hydrogens (tertiary/aromatic N) is 1. The second kappa shape index (κ2) is 15.9. The molecule has 1 amide bonds. The molecule has 0 saturated heterocycles. The van der Waals surface area contributed by atoms with E-state index in [1.54, 1.807) is 19.9 Å². The van der Waals surface area contributed by atoms with E-state index in [9.17, 15) is 29.7 Å². The number of quaternary nitrogens is 1. The van der Waals surface area contributed by atoms with Crippen molar-refractivity contribution in [1.82, 2.24) is 5.32 Å². The Morgan fingerprint density at radius 1 is 1.14 bits per heavy atom. The van der Waals surface area contributed by atoms with Crippen molar-refractivity contribution in [3.8, 4) is 0 Å². The molecular weight excluding hydrogens is 375 g/mol. The molecule has 0 aromatic carbocycles. The van der Waals surface area contributed by atoms with Gasteiger partial charge < -0.3 is 29.9 Å². The zero-order valence-electron chi connectivity index (χ0n) is 17.5. The molecule has 156 valence electrons. The molecule has 3 atom stereocenters. The summed E-state index contributed by atoms with van der Waals surface area (Å²) < 4.78 is -0.349. The molecule has 0 aliphatic heterocycles. The summed E-state index contributed by atoms with van der Waals surface area (Å²) in [5.74, 6) is -2.63. The second-order valence-corrected chi connectivity index (χ2v) is 6.66. The minimum atomic E-state index is -1.35. The Morgan fingerprint density at radius 2 is 1.75 bits per heavy atom. The van der Waals surface area contributed by atoms with Crippen LogP contribution in [0, 0.1) is 0 Å². The summed E-state index contributed by atoms with van der Waals surface area (Å²) >= 11 is 0. The van der Waals surface area contributed by atoms with Gasteiger partial charge in [-0.2, -0.15) is 0 Å². The largest absolute Gasteiger partial charge is 1.00 e. The molecular formula is C19H34N2NaO6+. The number of carboxylic acid groups (broad SMARTS) is 2. The van der Waals surface area contributed by atoms with Gasteiger partial charge >= 0.3 is 35.5 Å². The molecule has 0 saturated carbocycles. The molecule has 0 aliphatic carbocycles. The first-order chi connectivity index (χ1) is 12.8. The van der Waals surface area contributed by atoms with Gasteiger partial charge in [0.05, 0.1) is 25.7 Å². The third-order valence-corrected chi connectivity index (χ3v) is 5.00. The van der Waals surface area contributed by atoms with Crippen molar-refractivity contribution < 1.29 is 63.7 Å². The summed E-state index contributed by atoms with van der Waals surface area (Å²) in [6.07, 6.45) is 4.93. The first kappa shape index (κ1) is 29.3. The fraction of sp³-hybridized carbons (Fsp3) is 0.737. The molecule has 28 heavy (non-hydrogen) atoms. The van der Waals surface area contributed by atoms with E-state index in [0.717, 1.165) is 19.3 Å². The summed E-state index contributed by atoms with van der Waals surface area (Å²) in [5.41, 5.74) is 0. The molecule has 0 radical (unpaired) electrons. The Labute approximate surface area is 189 Å². The number of unbranched alkanes of at least 4 members (excludes halogenated alkanes) is 2. The van der Waals surface area contributed by atoms with Crippen molar-refractivity contribution in [3.63, 3.8) is 0 Å². The number of carbonyl (C=O) groups excluding carboxylic acids is 2. The van der Waals surface area contributed by atoms with Crippen molar-refractivity contribution in [2.24, 2.45) is 0 Å². The molecule has 0 heterocycles. The monoisotopic (exact) mass is 409 g/mol. The molecule has 3 N–H and O–H groups in total. The van der Waals surface area contributed by atoms with Gasteiger partial charge in [-0.1, -0.05) is 19.9 Å². The van der Waals surface area contributed by atoms with Gasteiger partial charge in [0.1, 0.15) is 12.6 Å². The third kappa shape index (κ3) is 9.05. The standard InChI is InChI=1S/C19H34N2O6.Na/c1-4-7-8-9-10-17(23)20-11-12-21(13-14-22,15(5-2)18(24)25)16(6-3)19(26)27;/h4,15-16,22H,1,5-14H2,2-3H3,(H2-,20,23,24,25,26,27);/q;+1. The average Bonchev–Trinajstić information content (AvgIpc) is 2.59. The van der Waals surface area contributed by atoms with Crippen LogP contribution >= 0.6 is 0 Å². The SMILES string of the molecule is C=CCCCCC(=O)NCC[N+](CCO)(C(CC)C(=O)[O-])C(CC)C(=O)O.[Na+]. The van der Waals surface area contributed by atoms with Crippen LogP contribution in [0.15, 0.2) is 12.7 Å². The smallest absolute Gasteiger partial charge is 0.544 e. The maximum atomic E-state index is 12.0. The quantitative estimate of drug-likeness (QED) is 0.108. The van der Waals surface area contributed by atoms with Crippen molar-refractivity contribution in [1.29, 1.82) is 0 Å². The molecule has 9 heteroatoms. The molecule has 0 fully saturated rings. The van der Waals surface area contributed by atoms with E-state index in [1.165, 1.54) is 0 Å². The molecule has 0 bridgehead atoms. The van der Waals surface area contributed by atoms with Gasteiger partial charge in [0.25, 0.3) is 0 Å². The summed E-state index contributed by atoms with van der Waals surface area (Å²) in [7, 11) is 0. The number of rotatable bonds is 16. The zero-order chi connectivity index (χ0) is 20.9. The number of nitrogens with one attached hydrogen (secondary N) is 1. The van der Waals surface area contributed by atoms with Crippen LogP contribution in [0.25, 0.3) is 0 Å². The van der Waals surface area contributed by atoms with Crippen LogP contribution < -0.4 is 40.0 Å². The fourth-order valence-corrected chi connectivity index (χ4v) is 3.70. The Kier molecular flexibility index (Phi) is 16.7. The molecule has 3 unspecified atom stereocenters. The topological polar surface area (TPSA) is 127 Å². The van der Waals surface area contributed by atoms with E-state index in [1.807, 2.05) is 0 Å². The van der Waals surface area contributed by atoms with Crippen molar-refractivity contribution in [3.05, 3.63) is 12.7 Å². The first-order valence-corrected chi connectivity index (χ1v) is 9.59. The molecule has 0 aliphatic rings. The Morgan fingerprint density at radius 3 is 2.18 bits per heavy atom. The number of aliphatic hydroxyl groups excluding tert-OH is 1. The Balaban J connectivity index is 0. The van der Waals surface area contributed by atoms with Gasteiger partial charge in [-0.15, -0.1) is 6.58 Å². The van der Waals surface area contributed by atoms with Crippen molar-refractivity contribution in [2.75, 3.05) is 26.2 Å². The number of amides is 1. The maximum Gasteiger partial charge on any atom is 1.00 e. The van der Waals surface area contributed by atoms with Crippen LogP contribution in [0.4, 0.5) is 0 Å². The Bertz CT molecular complexity index is 479. The summed E-state index contributed by atoms with van der Waals surface area (Å²) in [6, 6.07) is -2.09. The van der Waals surface area contributed by atoms with Crippen LogP contribution in [-0.4, -0.2) is 70.9 Å². The van der Waals surface area contributed by atoms with Crippen LogP contribution in [0.1, 0.15) is 52.4 Å². The number of hydrogen-bond donors (Lipinski definition) is 3. The minimum absolute atomic E-state index is 0. The van der Waals surface area contributed by atoms with Crippen LogP contribution in [0.5, 0.6) is 0 Å². The summed E-state index contributed by atoms with van der Waals surface area (Å²) in [4.78, 5) is 35.4. The molecule has 0 aromatic rings. The maximum absolute atomic E-state index is 12.0. The van der Waals surface area contributed by atoms with E-state index in [4.69, 9.17) is 0 Å². The third-order valence-electron chi connectivity index (χ3n) is 5.00. The fourth-order valence-electron chi connectivity index (χ4n) is 3.70. The van der Waals surface area contributed by atoms with Gasteiger partial charge in [-0.05, 0) is 19.3 Å². The van der Waals surface area contributed by atoms with Gasteiger partial charge in [-0.25, -0.2) is 4.79 Å². The molecule has 8 nitrogen and oxygen atoms in total. The number of aliphatic carboxylic acids is 2. The number of hydrogen-bond acceptors (Lipinski definition) is 5. The van der Waals surface area contributed by atoms with Crippen molar-refractivity contribution >= 4 is 17.8 Å². The number of aliphatic hydroxyl groups is 1. The zero-order valence-corrected chi connectivity index (χ0v) is 19.5. The van der Waals surface area contributed by atoms with E-state index in [-0.39, 0.29) is 79.0 Å². The van der Waals surface area contributed by atoms with Crippen LogP contribution in [-0.2, 0) is 14.4 Å². The van der Waals surface area contributed by atoms with Gasteiger partial charge in [0.2, 0.25) is 5.91 Å². The Hall–Kier alpha value is -0.930. The number of carbonyl (C=O) groups is 3. The van der Waals surface area contributed by atoms with Crippen LogP contribution in [0.2, 0.25) is 0 Å². The summed E-state index contributed by atoms with van der Waals surface area (Å²) in [5, 5.41) is 33.6. The van der Waals surface area contributed by atoms with Crippen LogP contribution in [0.3, 0.4) is 0 Å². The number of allylic oxidation sites excluding steroid dienone is 1. The molecule has 0 rings (SSSR count). The number of carboxylic acids is 2. The van der Waals surface area contributed by atoms with Gasteiger partial charge in [0.15, 0.2) is 6.04 Å². The summed E-state index contributed by atoms with van der Waals surface area (Å²) in [6.45, 7) is 6.78. The second-order valence-electron chi connectivity index (χ2n) is 6.66. The predicted octanol–water partition coefficient (Wildman–Crippen LogP) is -2.95. The van der Waals surface area contributed by atoms with E-state index in [0.29, 0.717) is 6.42 Å². The predicted molar refractivity (Wildman–Crippen MR) is 99.6 cm³/mol. The average molecular weight is 409 g/mol. The molecule has 0 aromatic heterocycles. The van der Waals surface area contributed by atoms with E-state index >= 15 is 0 Å². The van der Waals surface area contributed by atoms with Crippen molar-refractivity contribution in [2.45, 2.75) is 64.5 Å².